The quantitative estimate of drug-likeness (QED) is 0.317. The fourth-order valence-corrected chi connectivity index (χ4v) is 1.12. The zero-order valence-corrected chi connectivity index (χ0v) is 7.41. The lowest BCUT2D eigenvalue weighted by Gasteiger charge is -1.95. The third-order valence-electron chi connectivity index (χ3n) is 1.92. The van der Waals surface area contributed by atoms with Crippen LogP contribution in [-0.2, 0) is 4.74 Å². The first-order valence-electron chi connectivity index (χ1n) is 2.66. The van der Waals surface area contributed by atoms with Gasteiger partial charge in [-0.1, -0.05) is 0 Å². The van der Waals surface area contributed by atoms with E-state index >= 15 is 0 Å². The van der Waals surface area contributed by atoms with E-state index in [0.29, 0.717) is 0 Å². The molecule has 0 radical (unpaired) electrons. The van der Waals surface area contributed by atoms with Crippen LogP contribution in [0.4, 0.5) is 0 Å². The van der Waals surface area contributed by atoms with Crippen LogP contribution >= 0.6 is 0 Å². The van der Waals surface area contributed by atoms with Crippen LogP contribution in [0.1, 0.15) is 20.8 Å². The largest absolute Gasteiger partial charge is 0.368 e. The van der Waals surface area contributed by atoms with Gasteiger partial charge in [0.2, 0.25) is 0 Å². The minimum absolute atomic E-state index is 0.208. The summed E-state index contributed by atoms with van der Waals surface area (Å²) in [6, 6.07) is 0. The van der Waals surface area contributed by atoms with Crippen molar-refractivity contribution in [1.82, 2.24) is 0 Å². The van der Waals surface area contributed by atoms with Crippen LogP contribution in [0.2, 0.25) is 0 Å². The molecule has 0 amide bonds. The van der Waals surface area contributed by atoms with Crippen LogP contribution in [0.25, 0.3) is 0 Å². The van der Waals surface area contributed by atoms with E-state index in [1.165, 1.54) is 0 Å². The number of ether oxygens (including phenoxy) is 1. The number of hydrogen-bond donors (Lipinski definition) is 0. The zero-order valence-electron chi connectivity index (χ0n) is 5.41. The summed E-state index contributed by atoms with van der Waals surface area (Å²) < 4.78 is 5.35. The lowest BCUT2D eigenvalue weighted by Crippen LogP contribution is -2.15. The van der Waals surface area contributed by atoms with E-state index in [4.69, 9.17) is 4.74 Å². The van der Waals surface area contributed by atoms with Crippen molar-refractivity contribution in [2.24, 2.45) is 0 Å². The molecule has 1 rings (SSSR count). The maximum atomic E-state index is 5.35. The Morgan fingerprint density at radius 1 is 1.29 bits per heavy atom. The molecule has 0 spiro atoms. The van der Waals surface area contributed by atoms with Gasteiger partial charge >= 0.3 is 0 Å². The van der Waals surface area contributed by atoms with Crippen molar-refractivity contribution >= 4 is 10.2 Å². The number of epoxide rings is 1. The molecular formula is C5H12OSi. The Bertz CT molecular complexity index is 84.3. The van der Waals surface area contributed by atoms with Gasteiger partial charge in [0.25, 0.3) is 0 Å². The standard InChI is InChI=1S/C5H12OSi/c1-4(2)5(3,7)6-4/h1-3,7H3. The highest BCUT2D eigenvalue weighted by molar-refractivity contribution is 6.17. The first-order valence-corrected chi connectivity index (χ1v) is 3.66. The molecule has 42 valence electrons. The predicted octanol–water partition coefficient (Wildman–Crippen LogP) is -0.123. The normalized spacial score (nSPS) is 46.7. The maximum Gasteiger partial charge on any atom is 0.0876 e. The van der Waals surface area contributed by atoms with Gasteiger partial charge in [0.1, 0.15) is 0 Å². The van der Waals surface area contributed by atoms with Crippen LogP contribution < -0.4 is 0 Å². The van der Waals surface area contributed by atoms with Crippen molar-refractivity contribution in [3.8, 4) is 0 Å². The minimum atomic E-state index is 0.208. The second-order valence-electron chi connectivity index (χ2n) is 3.12. The Kier molecular flexibility index (Phi) is 0.724. The molecule has 1 saturated heterocycles. The molecule has 0 aliphatic carbocycles. The van der Waals surface area contributed by atoms with Crippen LogP contribution in [0, 0.1) is 0 Å². The summed E-state index contributed by atoms with van der Waals surface area (Å²) in [6.07, 6.45) is 0. The van der Waals surface area contributed by atoms with E-state index in [0.717, 1.165) is 10.2 Å². The van der Waals surface area contributed by atoms with E-state index in [-0.39, 0.29) is 10.8 Å². The first kappa shape index (κ1) is 5.32. The lowest BCUT2D eigenvalue weighted by atomic mass is 10.1. The molecule has 0 bridgehead atoms. The van der Waals surface area contributed by atoms with Gasteiger partial charge in [0.05, 0.1) is 10.8 Å². The molecule has 1 aliphatic rings. The number of hydrogen-bond acceptors (Lipinski definition) is 1. The third kappa shape index (κ3) is 0.621. The fourth-order valence-electron chi connectivity index (χ4n) is 0.612. The zero-order chi connectivity index (χ0) is 5.71. The molecular weight excluding hydrogens is 104 g/mol. The Morgan fingerprint density at radius 3 is 1.43 bits per heavy atom. The fraction of sp³-hybridized carbons (Fsp3) is 1.00. The summed E-state index contributed by atoms with van der Waals surface area (Å²) in [5, 5.41) is 0.285. The second-order valence-corrected chi connectivity index (χ2v) is 5.03. The Balaban J connectivity index is 2.59. The first-order chi connectivity index (χ1) is 2.96. The Hall–Kier alpha value is 0.177. The molecule has 1 aliphatic heterocycles. The van der Waals surface area contributed by atoms with Gasteiger partial charge < -0.3 is 4.74 Å². The molecule has 0 aromatic carbocycles. The Labute approximate surface area is 47.5 Å². The molecule has 1 fully saturated rings. The molecule has 0 N–H and O–H groups in total. The third-order valence-corrected chi connectivity index (χ3v) is 3.33. The molecule has 0 saturated carbocycles. The van der Waals surface area contributed by atoms with E-state index in [2.05, 4.69) is 20.8 Å². The SMILES string of the molecule is CC1(C)OC1(C)[SiH3]. The monoisotopic (exact) mass is 116 g/mol. The van der Waals surface area contributed by atoms with Crippen molar-refractivity contribution in [1.29, 1.82) is 0 Å². The molecule has 2 heteroatoms. The van der Waals surface area contributed by atoms with Gasteiger partial charge in [-0.05, 0) is 20.8 Å². The molecule has 1 heterocycles. The van der Waals surface area contributed by atoms with E-state index in [1.807, 2.05) is 0 Å². The molecule has 0 aromatic rings. The molecule has 0 aromatic heterocycles. The van der Waals surface area contributed by atoms with Crippen molar-refractivity contribution < 1.29 is 4.74 Å². The van der Waals surface area contributed by atoms with Crippen molar-refractivity contribution in [2.45, 2.75) is 31.6 Å². The maximum absolute atomic E-state index is 5.35. The smallest absolute Gasteiger partial charge is 0.0876 e. The molecule has 1 nitrogen and oxygen atoms in total. The van der Waals surface area contributed by atoms with Gasteiger partial charge in [-0.2, -0.15) is 0 Å². The van der Waals surface area contributed by atoms with Gasteiger partial charge in [0.15, 0.2) is 0 Å². The van der Waals surface area contributed by atoms with Crippen LogP contribution in [0.5, 0.6) is 0 Å². The topological polar surface area (TPSA) is 12.5 Å². The average molecular weight is 116 g/mol. The van der Waals surface area contributed by atoms with Gasteiger partial charge in [0, 0.05) is 10.2 Å². The van der Waals surface area contributed by atoms with E-state index in [9.17, 15) is 0 Å². The average Bonchev–Trinajstić information content (AvgIpc) is 1.63. The Morgan fingerprint density at radius 2 is 1.43 bits per heavy atom. The van der Waals surface area contributed by atoms with E-state index in [1.54, 1.807) is 0 Å². The summed E-state index contributed by atoms with van der Waals surface area (Å²) in [7, 11) is 1.16. The summed E-state index contributed by atoms with van der Waals surface area (Å²) in [6.45, 7) is 6.44. The van der Waals surface area contributed by atoms with E-state index < -0.39 is 0 Å². The lowest BCUT2D eigenvalue weighted by molar-refractivity contribution is 0.318. The number of rotatable bonds is 0. The van der Waals surface area contributed by atoms with Gasteiger partial charge in [-0.3, -0.25) is 0 Å². The molecule has 1 atom stereocenters. The van der Waals surface area contributed by atoms with Crippen LogP contribution in [0.3, 0.4) is 0 Å². The van der Waals surface area contributed by atoms with Crippen molar-refractivity contribution in [3.05, 3.63) is 0 Å². The highest BCUT2D eigenvalue weighted by Crippen LogP contribution is 2.43. The van der Waals surface area contributed by atoms with Gasteiger partial charge in [-0.15, -0.1) is 0 Å². The summed E-state index contributed by atoms with van der Waals surface area (Å²) in [5.41, 5.74) is 0.208. The summed E-state index contributed by atoms with van der Waals surface area (Å²) in [5.74, 6) is 0. The van der Waals surface area contributed by atoms with Crippen molar-refractivity contribution in [3.63, 3.8) is 0 Å². The predicted molar refractivity (Wildman–Crippen MR) is 33.5 cm³/mol. The second kappa shape index (κ2) is 0.953. The highest BCUT2D eigenvalue weighted by Gasteiger charge is 2.55. The van der Waals surface area contributed by atoms with Crippen molar-refractivity contribution in [2.75, 3.05) is 0 Å². The molecule has 1 unspecified atom stereocenters. The highest BCUT2D eigenvalue weighted by atomic mass is 28.1. The minimum Gasteiger partial charge on any atom is -0.368 e. The van der Waals surface area contributed by atoms with Crippen LogP contribution in [0.15, 0.2) is 0 Å². The van der Waals surface area contributed by atoms with Gasteiger partial charge in [-0.25, -0.2) is 0 Å². The summed E-state index contributed by atoms with van der Waals surface area (Å²) in [4.78, 5) is 0. The van der Waals surface area contributed by atoms with Crippen LogP contribution in [-0.4, -0.2) is 21.1 Å². The molecule has 7 heavy (non-hydrogen) atoms. The summed E-state index contributed by atoms with van der Waals surface area (Å²) >= 11 is 0.